The molecule has 0 aliphatic heterocycles. The second-order valence-electron chi connectivity index (χ2n) is 3.36. The molecule has 0 amide bonds. The molecular weight excluding hydrogens is 234 g/mol. The van der Waals surface area contributed by atoms with Gasteiger partial charge in [0.2, 0.25) is 6.08 Å². The van der Waals surface area contributed by atoms with E-state index < -0.39 is 5.97 Å². The number of aliphatic imine (C=N–C) groups is 1. The first-order valence-corrected chi connectivity index (χ1v) is 5.31. The minimum atomic E-state index is -0.394. The molecule has 0 aromatic carbocycles. The number of carbonyl (C=O) groups excluding carboxylic acids is 2. The predicted octanol–water partition coefficient (Wildman–Crippen LogP) is 1.25. The number of nitrogens with one attached hydrogen (secondary N) is 1. The summed E-state index contributed by atoms with van der Waals surface area (Å²) in [6.45, 7) is 7.54. The Bertz CT molecular complexity index is 426. The second-order valence-corrected chi connectivity index (χ2v) is 3.36. The maximum absolute atomic E-state index is 9.84. The van der Waals surface area contributed by atoms with Gasteiger partial charge >= 0.3 is 5.97 Å². The minimum Gasteiger partial charge on any atom is -0.466 e. The highest BCUT2D eigenvalue weighted by Crippen LogP contribution is 2.09. The van der Waals surface area contributed by atoms with Crippen molar-refractivity contribution in [2.24, 2.45) is 4.99 Å². The number of methoxy groups -OCH3 is 1. The lowest BCUT2D eigenvalue weighted by Gasteiger charge is -1.94. The molecule has 0 unspecified atom stereocenters. The van der Waals surface area contributed by atoms with E-state index in [1.54, 1.807) is 0 Å². The van der Waals surface area contributed by atoms with E-state index in [1.165, 1.54) is 13.2 Å². The third kappa shape index (κ3) is 5.77. The van der Waals surface area contributed by atoms with Gasteiger partial charge in [-0.2, -0.15) is 5.10 Å². The normalized spacial score (nSPS) is 8.61. The van der Waals surface area contributed by atoms with E-state index in [0.29, 0.717) is 6.54 Å². The van der Waals surface area contributed by atoms with Gasteiger partial charge < -0.3 is 4.74 Å². The number of aromatic nitrogens is 2. The van der Waals surface area contributed by atoms with Crippen molar-refractivity contribution in [1.29, 1.82) is 0 Å². The van der Waals surface area contributed by atoms with E-state index >= 15 is 0 Å². The number of hydrogen-bond donors (Lipinski definition) is 1. The van der Waals surface area contributed by atoms with Crippen LogP contribution in [0.15, 0.2) is 17.6 Å². The zero-order chi connectivity index (χ0) is 14.0. The minimum absolute atomic E-state index is 0.394. The molecule has 6 nitrogen and oxygen atoms in total. The number of H-pyrrole nitrogens is 1. The highest BCUT2D eigenvalue weighted by molar-refractivity contribution is 5.80. The van der Waals surface area contributed by atoms with Crippen molar-refractivity contribution in [3.05, 3.63) is 29.6 Å². The van der Waals surface area contributed by atoms with Gasteiger partial charge in [0.1, 0.15) is 0 Å². The highest BCUT2D eigenvalue weighted by atomic mass is 16.5. The summed E-state index contributed by atoms with van der Waals surface area (Å²) in [5.74, 6) is -0.394. The molecule has 6 heteroatoms. The molecule has 0 spiro atoms. The monoisotopic (exact) mass is 251 g/mol. The summed E-state index contributed by atoms with van der Waals surface area (Å²) < 4.78 is 4.14. The second kappa shape index (κ2) is 8.90. The largest absolute Gasteiger partial charge is 0.466 e. The Labute approximate surface area is 106 Å². The summed E-state index contributed by atoms with van der Waals surface area (Å²) in [5, 5.41) is 6.90. The number of carbonyl (C=O) groups is 1. The molecule has 0 aliphatic carbocycles. The summed E-state index contributed by atoms with van der Waals surface area (Å²) in [7, 11) is 1.31. The Kier molecular flexibility index (Phi) is 7.81. The fourth-order valence-electron chi connectivity index (χ4n) is 1.24. The van der Waals surface area contributed by atoms with Crippen molar-refractivity contribution in [1.82, 2.24) is 10.2 Å². The smallest absolute Gasteiger partial charge is 0.329 e. The van der Waals surface area contributed by atoms with E-state index in [9.17, 15) is 9.59 Å². The van der Waals surface area contributed by atoms with E-state index in [1.807, 2.05) is 13.8 Å². The standard InChI is InChI=1S/C8H11N3O.C4H6O2/c1-6-8(3-4-9-5-12)7(2)11-10-6;1-3-4(5)6-2/h3-4H2,1-2H3,(H,10,11);3H,1H2,2H3. The van der Waals surface area contributed by atoms with Crippen LogP contribution in [-0.2, 0) is 20.7 Å². The molecule has 0 aliphatic rings. The summed E-state index contributed by atoms with van der Waals surface area (Å²) in [6.07, 6.45) is 3.38. The number of isocyanates is 1. The first kappa shape index (κ1) is 15.8. The zero-order valence-corrected chi connectivity index (χ0v) is 10.8. The molecule has 98 valence electrons. The molecule has 0 saturated carbocycles. The number of aryl methyl sites for hydroxylation is 2. The molecule has 1 N–H and O–H groups in total. The van der Waals surface area contributed by atoms with Crippen molar-refractivity contribution in [2.75, 3.05) is 13.7 Å². The molecule has 1 rings (SSSR count). The van der Waals surface area contributed by atoms with Crippen LogP contribution in [0.25, 0.3) is 0 Å². The first-order valence-electron chi connectivity index (χ1n) is 5.31. The fraction of sp³-hybridized carbons (Fsp3) is 0.417. The van der Waals surface area contributed by atoms with Crippen LogP contribution in [0.2, 0.25) is 0 Å². The number of hydrogen-bond acceptors (Lipinski definition) is 5. The lowest BCUT2D eigenvalue weighted by atomic mass is 10.1. The van der Waals surface area contributed by atoms with E-state index in [0.717, 1.165) is 29.4 Å². The van der Waals surface area contributed by atoms with Crippen LogP contribution in [0.3, 0.4) is 0 Å². The van der Waals surface area contributed by atoms with Gasteiger partial charge in [-0.15, -0.1) is 0 Å². The zero-order valence-electron chi connectivity index (χ0n) is 10.8. The van der Waals surface area contributed by atoms with Crippen molar-refractivity contribution >= 4 is 12.0 Å². The molecule has 0 atom stereocenters. The third-order valence-corrected chi connectivity index (χ3v) is 2.19. The summed E-state index contributed by atoms with van der Waals surface area (Å²) in [6, 6.07) is 0. The quantitative estimate of drug-likeness (QED) is 0.378. The van der Waals surface area contributed by atoms with Crippen molar-refractivity contribution in [3.63, 3.8) is 0 Å². The van der Waals surface area contributed by atoms with E-state index in [4.69, 9.17) is 0 Å². The van der Waals surface area contributed by atoms with Gasteiger partial charge in [-0.3, -0.25) is 5.10 Å². The molecule has 1 heterocycles. The van der Waals surface area contributed by atoms with Crippen LogP contribution in [0.5, 0.6) is 0 Å². The molecule has 0 bridgehead atoms. The van der Waals surface area contributed by atoms with Gasteiger partial charge in [0, 0.05) is 11.8 Å². The Morgan fingerprint density at radius 1 is 1.61 bits per heavy atom. The Morgan fingerprint density at radius 3 is 2.61 bits per heavy atom. The number of esters is 1. The predicted molar refractivity (Wildman–Crippen MR) is 67.0 cm³/mol. The number of rotatable bonds is 4. The number of ether oxygens (including phenoxy) is 1. The first-order chi connectivity index (χ1) is 8.56. The molecule has 1 aromatic rings. The topological polar surface area (TPSA) is 84.4 Å². The van der Waals surface area contributed by atoms with Crippen molar-refractivity contribution in [3.8, 4) is 0 Å². The van der Waals surface area contributed by atoms with Crippen LogP contribution in [0, 0.1) is 13.8 Å². The van der Waals surface area contributed by atoms with Gasteiger partial charge in [0.15, 0.2) is 0 Å². The number of nitrogens with zero attached hydrogens (tertiary/aromatic N) is 2. The van der Waals surface area contributed by atoms with Crippen LogP contribution < -0.4 is 0 Å². The summed E-state index contributed by atoms with van der Waals surface area (Å²) in [4.78, 5) is 23.1. The van der Waals surface area contributed by atoms with Gasteiger partial charge in [-0.05, 0) is 25.8 Å². The molecule has 0 fully saturated rings. The van der Waals surface area contributed by atoms with Crippen molar-refractivity contribution < 1.29 is 14.3 Å². The highest BCUT2D eigenvalue weighted by Gasteiger charge is 2.04. The molecule has 0 saturated heterocycles. The average molecular weight is 251 g/mol. The Hall–Kier alpha value is -2.20. The average Bonchev–Trinajstić information content (AvgIpc) is 2.70. The van der Waals surface area contributed by atoms with Crippen LogP contribution in [-0.4, -0.2) is 35.9 Å². The van der Waals surface area contributed by atoms with E-state index in [-0.39, 0.29) is 0 Å². The van der Waals surface area contributed by atoms with Gasteiger partial charge in [-0.1, -0.05) is 6.58 Å². The summed E-state index contributed by atoms with van der Waals surface area (Å²) in [5.41, 5.74) is 3.18. The molecule has 0 radical (unpaired) electrons. The maximum Gasteiger partial charge on any atom is 0.329 e. The van der Waals surface area contributed by atoms with Crippen molar-refractivity contribution in [2.45, 2.75) is 20.3 Å². The lowest BCUT2D eigenvalue weighted by Crippen LogP contribution is -1.92. The Morgan fingerprint density at radius 2 is 2.28 bits per heavy atom. The SMILES string of the molecule is C=CC(=O)OC.Cc1n[nH]c(C)c1CCN=C=O. The number of aromatic amines is 1. The third-order valence-electron chi connectivity index (χ3n) is 2.19. The lowest BCUT2D eigenvalue weighted by molar-refractivity contribution is -0.134. The molecule has 1 aromatic heterocycles. The van der Waals surface area contributed by atoms with E-state index in [2.05, 4.69) is 26.5 Å². The Balaban J connectivity index is 0.000000411. The van der Waals surface area contributed by atoms with Crippen LogP contribution in [0.4, 0.5) is 0 Å². The fourth-order valence-corrected chi connectivity index (χ4v) is 1.24. The van der Waals surface area contributed by atoms with Crippen LogP contribution >= 0.6 is 0 Å². The summed E-state index contributed by atoms with van der Waals surface area (Å²) >= 11 is 0. The van der Waals surface area contributed by atoms with Gasteiger partial charge in [0.05, 0.1) is 19.3 Å². The molecule has 18 heavy (non-hydrogen) atoms. The van der Waals surface area contributed by atoms with Crippen LogP contribution in [0.1, 0.15) is 17.0 Å². The maximum atomic E-state index is 9.84. The van der Waals surface area contributed by atoms with Gasteiger partial charge in [-0.25, -0.2) is 14.6 Å². The van der Waals surface area contributed by atoms with Gasteiger partial charge in [0.25, 0.3) is 0 Å². The molecular formula is C12H17N3O3.